The molecule has 0 saturated heterocycles. The lowest BCUT2D eigenvalue weighted by atomic mass is 10.2. The van der Waals surface area contributed by atoms with Crippen molar-refractivity contribution in [3.63, 3.8) is 0 Å². The maximum absolute atomic E-state index is 10.9. The summed E-state index contributed by atoms with van der Waals surface area (Å²) in [6.07, 6.45) is -0.467. The van der Waals surface area contributed by atoms with Crippen LogP contribution in [0.1, 0.15) is 20.8 Å². The molecule has 12 heavy (non-hydrogen) atoms. The predicted molar refractivity (Wildman–Crippen MR) is 44.3 cm³/mol. The van der Waals surface area contributed by atoms with Gasteiger partial charge in [-0.15, -0.1) is 0 Å². The summed E-state index contributed by atoms with van der Waals surface area (Å²) < 4.78 is 4.93. The van der Waals surface area contributed by atoms with Gasteiger partial charge in [-0.25, -0.2) is 10.3 Å². The van der Waals surface area contributed by atoms with Crippen molar-refractivity contribution in [1.29, 1.82) is 5.53 Å². The Hall–Kier alpha value is -1.13. The van der Waals surface area contributed by atoms with Gasteiger partial charge in [-0.2, -0.15) is 5.11 Å². The lowest BCUT2D eigenvalue weighted by Gasteiger charge is -2.19. The second-order valence-corrected chi connectivity index (χ2v) is 3.31. The summed E-state index contributed by atoms with van der Waals surface area (Å²) in [7, 11) is 0. The van der Waals surface area contributed by atoms with E-state index in [-0.39, 0.29) is 0 Å². The van der Waals surface area contributed by atoms with Crippen LogP contribution in [-0.4, -0.2) is 24.8 Å². The number of rotatable bonds is 3. The van der Waals surface area contributed by atoms with Crippen LogP contribution in [0.4, 0.5) is 4.79 Å². The molecular formula is C7H15N3O2. The fraction of sp³-hybridized carbons (Fsp3) is 0.857. The van der Waals surface area contributed by atoms with Crippen LogP contribution in [0.25, 0.3) is 0 Å². The van der Waals surface area contributed by atoms with E-state index < -0.39 is 11.7 Å². The second kappa shape index (κ2) is 4.69. The van der Waals surface area contributed by atoms with Gasteiger partial charge in [-0.1, -0.05) is 0 Å². The number of carbonyl (C=O) groups is 1. The second-order valence-electron chi connectivity index (χ2n) is 3.31. The summed E-state index contributed by atoms with van der Waals surface area (Å²) in [6.45, 7) is 6.02. The Labute approximate surface area is 72.0 Å². The quantitative estimate of drug-likeness (QED) is 0.501. The number of alkyl carbamates (subject to hydrolysis) is 1. The Morgan fingerprint density at radius 1 is 1.58 bits per heavy atom. The number of ether oxygens (including phenoxy) is 1. The van der Waals surface area contributed by atoms with Crippen LogP contribution in [-0.2, 0) is 4.74 Å². The molecule has 2 N–H and O–H groups in total. The highest BCUT2D eigenvalue weighted by Gasteiger charge is 2.15. The highest BCUT2D eigenvalue weighted by Crippen LogP contribution is 2.05. The van der Waals surface area contributed by atoms with E-state index in [0.29, 0.717) is 13.1 Å². The van der Waals surface area contributed by atoms with Crippen molar-refractivity contribution < 1.29 is 9.53 Å². The van der Waals surface area contributed by atoms with Gasteiger partial charge in [0, 0.05) is 6.54 Å². The first-order valence-corrected chi connectivity index (χ1v) is 3.76. The molecule has 0 unspecified atom stereocenters. The fourth-order valence-electron chi connectivity index (χ4n) is 0.528. The van der Waals surface area contributed by atoms with Crippen LogP contribution in [0.15, 0.2) is 5.11 Å². The van der Waals surface area contributed by atoms with E-state index in [1.54, 1.807) is 20.8 Å². The number of carbonyl (C=O) groups excluding carboxylic acids is 1. The SMILES string of the molecule is CC(C)(C)OC(=O)NCCN=N. The molecule has 0 aromatic heterocycles. The maximum Gasteiger partial charge on any atom is 0.407 e. The van der Waals surface area contributed by atoms with Crippen molar-refractivity contribution in [2.45, 2.75) is 26.4 Å². The number of nitrogens with zero attached hydrogens (tertiary/aromatic N) is 1. The summed E-state index contributed by atoms with van der Waals surface area (Å²) in [6, 6.07) is 0. The highest BCUT2D eigenvalue weighted by molar-refractivity contribution is 5.67. The van der Waals surface area contributed by atoms with E-state index >= 15 is 0 Å². The van der Waals surface area contributed by atoms with Crippen molar-refractivity contribution in [2.24, 2.45) is 5.11 Å². The molecule has 0 heterocycles. The van der Waals surface area contributed by atoms with Gasteiger partial charge in [0.2, 0.25) is 0 Å². The van der Waals surface area contributed by atoms with Crippen molar-refractivity contribution in [1.82, 2.24) is 5.32 Å². The van der Waals surface area contributed by atoms with Gasteiger partial charge in [0.05, 0.1) is 6.54 Å². The van der Waals surface area contributed by atoms with Crippen LogP contribution in [0.3, 0.4) is 0 Å². The zero-order chi connectivity index (χ0) is 9.61. The van der Waals surface area contributed by atoms with Crippen LogP contribution >= 0.6 is 0 Å². The zero-order valence-corrected chi connectivity index (χ0v) is 7.68. The van der Waals surface area contributed by atoms with E-state index in [9.17, 15) is 4.79 Å². The van der Waals surface area contributed by atoms with Gasteiger partial charge in [-0.3, -0.25) is 0 Å². The molecule has 0 fully saturated rings. The highest BCUT2D eigenvalue weighted by atomic mass is 16.6. The number of hydrogen-bond donors (Lipinski definition) is 2. The average molecular weight is 173 g/mol. The normalized spacial score (nSPS) is 10.6. The summed E-state index contributed by atoms with van der Waals surface area (Å²) in [5.74, 6) is 0. The molecule has 0 aromatic carbocycles. The van der Waals surface area contributed by atoms with Crippen LogP contribution in [0.2, 0.25) is 0 Å². The first kappa shape index (κ1) is 10.9. The first-order valence-electron chi connectivity index (χ1n) is 3.76. The molecular weight excluding hydrogens is 158 g/mol. The Kier molecular flexibility index (Phi) is 4.25. The molecule has 0 radical (unpaired) electrons. The van der Waals surface area contributed by atoms with Gasteiger partial charge in [0.1, 0.15) is 5.60 Å². The van der Waals surface area contributed by atoms with E-state index in [2.05, 4.69) is 10.4 Å². The van der Waals surface area contributed by atoms with Crippen LogP contribution < -0.4 is 5.32 Å². The standard InChI is InChI=1S/C7H15N3O2/c1-7(2,3)12-6(11)9-4-5-10-8/h8H,4-5H2,1-3H3,(H,9,11). The Balaban J connectivity index is 3.53. The molecule has 5 heteroatoms. The van der Waals surface area contributed by atoms with E-state index in [1.165, 1.54) is 0 Å². The van der Waals surface area contributed by atoms with Crippen LogP contribution in [0, 0.1) is 5.53 Å². The third kappa shape index (κ3) is 6.98. The third-order valence-electron chi connectivity index (χ3n) is 0.892. The monoisotopic (exact) mass is 173 g/mol. The van der Waals surface area contributed by atoms with Crippen molar-refractivity contribution in [3.8, 4) is 0 Å². The Morgan fingerprint density at radius 2 is 2.17 bits per heavy atom. The molecule has 0 atom stereocenters. The summed E-state index contributed by atoms with van der Waals surface area (Å²) in [4.78, 5) is 10.9. The number of amides is 1. The van der Waals surface area contributed by atoms with E-state index in [1.807, 2.05) is 0 Å². The molecule has 0 spiro atoms. The zero-order valence-electron chi connectivity index (χ0n) is 7.68. The van der Waals surface area contributed by atoms with Gasteiger partial charge >= 0.3 is 6.09 Å². The van der Waals surface area contributed by atoms with Crippen molar-refractivity contribution >= 4 is 6.09 Å². The van der Waals surface area contributed by atoms with Gasteiger partial charge in [-0.05, 0) is 20.8 Å². The Morgan fingerprint density at radius 3 is 2.58 bits per heavy atom. The molecule has 0 bridgehead atoms. The molecule has 1 amide bonds. The molecule has 0 aliphatic heterocycles. The summed E-state index contributed by atoms with van der Waals surface area (Å²) >= 11 is 0. The molecule has 0 saturated carbocycles. The van der Waals surface area contributed by atoms with E-state index in [0.717, 1.165) is 0 Å². The number of hydrogen-bond acceptors (Lipinski definition) is 4. The average Bonchev–Trinajstić information content (AvgIpc) is 1.84. The predicted octanol–water partition coefficient (Wildman–Crippen LogP) is 1.54. The molecule has 0 aliphatic rings. The molecule has 0 aliphatic carbocycles. The topological polar surface area (TPSA) is 74.5 Å². The first-order chi connectivity index (χ1) is 5.45. The lowest BCUT2D eigenvalue weighted by Crippen LogP contribution is -2.33. The van der Waals surface area contributed by atoms with Crippen molar-refractivity contribution in [3.05, 3.63) is 0 Å². The van der Waals surface area contributed by atoms with Gasteiger partial charge in [0.25, 0.3) is 0 Å². The largest absolute Gasteiger partial charge is 0.444 e. The minimum Gasteiger partial charge on any atom is -0.444 e. The van der Waals surface area contributed by atoms with Crippen molar-refractivity contribution in [2.75, 3.05) is 13.1 Å². The number of nitrogens with one attached hydrogen (secondary N) is 2. The van der Waals surface area contributed by atoms with Gasteiger partial charge in [0.15, 0.2) is 0 Å². The minimum atomic E-state index is -0.470. The maximum atomic E-state index is 10.9. The van der Waals surface area contributed by atoms with Crippen LogP contribution in [0.5, 0.6) is 0 Å². The Bertz CT molecular complexity index is 163. The molecule has 0 rings (SSSR count). The van der Waals surface area contributed by atoms with Gasteiger partial charge < -0.3 is 10.1 Å². The third-order valence-corrected chi connectivity index (χ3v) is 0.892. The molecule has 0 aromatic rings. The molecule has 5 nitrogen and oxygen atoms in total. The van der Waals surface area contributed by atoms with E-state index in [4.69, 9.17) is 10.3 Å². The fourth-order valence-corrected chi connectivity index (χ4v) is 0.528. The molecule has 70 valence electrons. The summed E-state index contributed by atoms with van der Waals surface area (Å²) in [5.41, 5.74) is 5.99. The lowest BCUT2D eigenvalue weighted by molar-refractivity contribution is 0.0529. The minimum absolute atomic E-state index is 0.291. The summed E-state index contributed by atoms with van der Waals surface area (Å²) in [5, 5.41) is 5.55. The smallest absolute Gasteiger partial charge is 0.407 e.